The third kappa shape index (κ3) is 3.83. The molecule has 1 fully saturated rings. The van der Waals surface area contributed by atoms with Crippen LogP contribution in [-0.2, 0) is 6.42 Å². The molecule has 1 saturated carbocycles. The highest BCUT2D eigenvalue weighted by molar-refractivity contribution is 6.31. The fraction of sp³-hybridized carbons (Fsp3) is 0.381. The van der Waals surface area contributed by atoms with Gasteiger partial charge < -0.3 is 15.2 Å². The Labute approximate surface area is 169 Å². The molecule has 1 aliphatic rings. The zero-order valence-corrected chi connectivity index (χ0v) is 16.7. The van der Waals surface area contributed by atoms with Crippen molar-refractivity contribution in [2.75, 3.05) is 11.9 Å². The number of benzene rings is 1. The molecule has 0 saturated heterocycles. The van der Waals surface area contributed by atoms with Crippen molar-refractivity contribution >= 4 is 34.5 Å². The summed E-state index contributed by atoms with van der Waals surface area (Å²) in [6.07, 6.45) is 7.30. The number of imidazole rings is 1. The molecule has 146 valence electrons. The van der Waals surface area contributed by atoms with Gasteiger partial charge in [-0.05, 0) is 49.6 Å². The highest BCUT2D eigenvalue weighted by atomic mass is 35.5. The molecule has 0 radical (unpaired) electrons. The Bertz CT molecular complexity index is 994. The molecule has 1 aromatic carbocycles. The van der Waals surface area contributed by atoms with E-state index in [1.54, 1.807) is 0 Å². The third-order valence-corrected chi connectivity index (χ3v) is 5.77. The minimum absolute atomic E-state index is 0.244. The quantitative estimate of drug-likeness (QED) is 0.644. The van der Waals surface area contributed by atoms with Crippen LogP contribution in [0.15, 0.2) is 36.5 Å². The standard InChI is InChI=1S/C21H24ClN5O/c1-14-16(22)8-4-9-17(14)26-21(28)24-13-11-19-25-18-10-5-12-23-20(18)27(19)15-6-2-3-7-15/h4-5,8-10,12,15H,2-3,6-7,11,13H2,1H3,(H2,24,26,28). The van der Waals surface area contributed by atoms with Gasteiger partial charge in [0.05, 0.1) is 0 Å². The number of hydrogen-bond acceptors (Lipinski definition) is 3. The molecule has 6 nitrogen and oxygen atoms in total. The molecule has 0 unspecified atom stereocenters. The average Bonchev–Trinajstić information content (AvgIpc) is 3.32. The van der Waals surface area contributed by atoms with Crippen LogP contribution in [0.4, 0.5) is 10.5 Å². The molecule has 0 spiro atoms. The van der Waals surface area contributed by atoms with Gasteiger partial charge >= 0.3 is 6.03 Å². The van der Waals surface area contributed by atoms with E-state index >= 15 is 0 Å². The van der Waals surface area contributed by atoms with Crippen LogP contribution in [0.3, 0.4) is 0 Å². The lowest BCUT2D eigenvalue weighted by molar-refractivity contribution is 0.252. The number of pyridine rings is 1. The highest BCUT2D eigenvalue weighted by Gasteiger charge is 2.23. The van der Waals surface area contributed by atoms with Gasteiger partial charge in [0.15, 0.2) is 5.65 Å². The predicted molar refractivity (Wildman–Crippen MR) is 112 cm³/mol. The highest BCUT2D eigenvalue weighted by Crippen LogP contribution is 2.33. The summed E-state index contributed by atoms with van der Waals surface area (Å²) in [6.45, 7) is 2.39. The van der Waals surface area contributed by atoms with Gasteiger partial charge in [-0.3, -0.25) is 0 Å². The fourth-order valence-corrected chi connectivity index (χ4v) is 4.07. The smallest absolute Gasteiger partial charge is 0.319 e. The summed E-state index contributed by atoms with van der Waals surface area (Å²) >= 11 is 6.11. The van der Waals surface area contributed by atoms with Gasteiger partial charge in [0, 0.05) is 35.9 Å². The van der Waals surface area contributed by atoms with Crippen LogP contribution in [0.2, 0.25) is 5.02 Å². The van der Waals surface area contributed by atoms with Crippen LogP contribution >= 0.6 is 11.6 Å². The second kappa shape index (κ2) is 8.19. The first kappa shape index (κ1) is 18.7. The summed E-state index contributed by atoms with van der Waals surface area (Å²) in [7, 11) is 0. The van der Waals surface area contributed by atoms with Crippen LogP contribution in [-0.4, -0.2) is 27.1 Å². The number of aromatic nitrogens is 3. The van der Waals surface area contributed by atoms with E-state index in [0.29, 0.717) is 29.7 Å². The molecule has 2 N–H and O–H groups in total. The summed E-state index contributed by atoms with van der Waals surface area (Å²) in [5.41, 5.74) is 3.44. The molecule has 0 bridgehead atoms. The van der Waals surface area contributed by atoms with Crippen LogP contribution in [0.25, 0.3) is 11.2 Å². The maximum atomic E-state index is 12.3. The minimum atomic E-state index is -0.244. The minimum Gasteiger partial charge on any atom is -0.337 e. The maximum Gasteiger partial charge on any atom is 0.319 e. The summed E-state index contributed by atoms with van der Waals surface area (Å²) in [5.74, 6) is 0.986. The molecule has 1 aliphatic carbocycles. The summed E-state index contributed by atoms with van der Waals surface area (Å²) in [6, 6.07) is 9.59. The normalized spacial score (nSPS) is 14.5. The number of fused-ring (bicyclic) bond motifs is 1. The van der Waals surface area contributed by atoms with Crippen molar-refractivity contribution in [3.05, 3.63) is 52.9 Å². The topological polar surface area (TPSA) is 71.8 Å². The van der Waals surface area contributed by atoms with E-state index in [1.165, 1.54) is 12.8 Å². The van der Waals surface area contributed by atoms with Gasteiger partial charge in [0.25, 0.3) is 0 Å². The van der Waals surface area contributed by atoms with E-state index in [-0.39, 0.29) is 6.03 Å². The van der Waals surface area contributed by atoms with E-state index in [0.717, 1.165) is 35.4 Å². The molecule has 3 aromatic rings. The van der Waals surface area contributed by atoms with Crippen LogP contribution in [0.1, 0.15) is 43.1 Å². The van der Waals surface area contributed by atoms with E-state index in [4.69, 9.17) is 16.6 Å². The molecule has 2 amide bonds. The Balaban J connectivity index is 1.43. The third-order valence-electron chi connectivity index (χ3n) is 5.36. The first-order valence-corrected chi connectivity index (χ1v) is 10.1. The number of hydrogen-bond donors (Lipinski definition) is 2. The van der Waals surface area contributed by atoms with Crippen LogP contribution < -0.4 is 10.6 Å². The Morgan fingerprint density at radius 2 is 2.07 bits per heavy atom. The maximum absolute atomic E-state index is 12.3. The number of carbonyl (C=O) groups is 1. The van der Waals surface area contributed by atoms with Crippen molar-refractivity contribution in [3.8, 4) is 0 Å². The second-order valence-corrected chi connectivity index (χ2v) is 7.63. The number of urea groups is 1. The Kier molecular flexibility index (Phi) is 5.48. The van der Waals surface area contributed by atoms with Gasteiger partial charge in [0.1, 0.15) is 11.3 Å². The van der Waals surface area contributed by atoms with Crippen LogP contribution in [0.5, 0.6) is 0 Å². The average molecular weight is 398 g/mol. The lowest BCUT2D eigenvalue weighted by atomic mass is 10.2. The number of halogens is 1. The van der Waals surface area contributed by atoms with Crippen molar-refractivity contribution in [3.63, 3.8) is 0 Å². The van der Waals surface area contributed by atoms with Crippen LogP contribution in [0, 0.1) is 6.92 Å². The van der Waals surface area contributed by atoms with Crippen molar-refractivity contribution in [1.82, 2.24) is 19.9 Å². The number of amides is 2. The lowest BCUT2D eigenvalue weighted by Crippen LogP contribution is -2.31. The first-order valence-electron chi connectivity index (χ1n) is 9.75. The lowest BCUT2D eigenvalue weighted by Gasteiger charge is -2.16. The fourth-order valence-electron chi connectivity index (χ4n) is 3.90. The van der Waals surface area contributed by atoms with E-state index in [2.05, 4.69) is 20.2 Å². The first-order chi connectivity index (χ1) is 13.6. The summed E-state index contributed by atoms with van der Waals surface area (Å²) in [5, 5.41) is 6.42. The Morgan fingerprint density at radius 1 is 1.25 bits per heavy atom. The zero-order valence-electron chi connectivity index (χ0n) is 15.9. The van der Waals surface area contributed by atoms with Crippen molar-refractivity contribution < 1.29 is 4.79 Å². The SMILES string of the molecule is Cc1c(Cl)cccc1NC(=O)NCCc1nc2cccnc2n1C1CCCC1. The van der Waals surface area contributed by atoms with Gasteiger partial charge in [-0.1, -0.05) is 30.5 Å². The predicted octanol–water partition coefficient (Wildman–Crippen LogP) is 4.87. The number of anilines is 1. The molecule has 28 heavy (non-hydrogen) atoms. The van der Waals surface area contributed by atoms with Crippen molar-refractivity contribution in [2.45, 2.75) is 45.1 Å². The van der Waals surface area contributed by atoms with Gasteiger partial charge in [-0.25, -0.2) is 14.8 Å². The zero-order chi connectivity index (χ0) is 19.5. The van der Waals surface area contributed by atoms with Gasteiger partial charge in [0.2, 0.25) is 0 Å². The van der Waals surface area contributed by atoms with Gasteiger partial charge in [-0.2, -0.15) is 0 Å². The molecule has 0 atom stereocenters. The largest absolute Gasteiger partial charge is 0.337 e. The number of rotatable bonds is 5. The molecule has 4 rings (SSSR count). The molecule has 2 aromatic heterocycles. The van der Waals surface area contributed by atoms with Gasteiger partial charge in [-0.15, -0.1) is 0 Å². The monoisotopic (exact) mass is 397 g/mol. The second-order valence-electron chi connectivity index (χ2n) is 7.23. The van der Waals surface area contributed by atoms with Crippen molar-refractivity contribution in [1.29, 1.82) is 0 Å². The Morgan fingerprint density at radius 3 is 2.89 bits per heavy atom. The van der Waals surface area contributed by atoms with E-state index < -0.39 is 0 Å². The Hall–Kier alpha value is -2.60. The summed E-state index contributed by atoms with van der Waals surface area (Å²) in [4.78, 5) is 21.6. The molecule has 0 aliphatic heterocycles. The molecular weight excluding hydrogens is 374 g/mol. The molecule has 2 heterocycles. The van der Waals surface area contributed by atoms with E-state index in [1.807, 2.05) is 43.5 Å². The number of carbonyl (C=O) groups excluding carboxylic acids is 1. The molecule has 7 heteroatoms. The number of nitrogens with zero attached hydrogens (tertiary/aromatic N) is 3. The summed E-state index contributed by atoms with van der Waals surface area (Å²) < 4.78 is 2.28. The molecular formula is C21H24ClN5O. The van der Waals surface area contributed by atoms with E-state index in [9.17, 15) is 4.79 Å². The number of nitrogens with one attached hydrogen (secondary N) is 2. The van der Waals surface area contributed by atoms with Crippen molar-refractivity contribution in [2.24, 2.45) is 0 Å².